The maximum atomic E-state index is 12.7. The fourth-order valence-electron chi connectivity index (χ4n) is 1.86. The Balaban J connectivity index is 2.49. The van der Waals surface area contributed by atoms with Crippen LogP contribution in [0.1, 0.15) is 0 Å². The monoisotopic (exact) mass is 385 g/mol. The number of rotatable bonds is 6. The highest BCUT2D eigenvalue weighted by atomic mass is 79.9. The zero-order chi connectivity index (χ0) is 16.1. The molecule has 0 radical (unpaired) electrons. The third-order valence-electron chi connectivity index (χ3n) is 3.01. The summed E-state index contributed by atoms with van der Waals surface area (Å²) in [6.45, 7) is 0.787. The van der Waals surface area contributed by atoms with Crippen LogP contribution < -0.4 is 10.9 Å². The number of benzene rings is 1. The number of fused-ring (bicyclic) bond motifs is 1. The van der Waals surface area contributed by atoms with Crippen LogP contribution in [0.15, 0.2) is 32.6 Å². The molecule has 22 heavy (non-hydrogen) atoms. The number of thioether (sulfide) groups is 1. The first-order chi connectivity index (χ1) is 10.6. The summed E-state index contributed by atoms with van der Waals surface area (Å²) in [4.78, 5) is 28.6. The minimum absolute atomic E-state index is 0.117. The van der Waals surface area contributed by atoms with Gasteiger partial charge in [0.2, 0.25) is 5.91 Å². The van der Waals surface area contributed by atoms with Crippen molar-refractivity contribution in [2.75, 3.05) is 26.5 Å². The summed E-state index contributed by atoms with van der Waals surface area (Å²) >= 11 is 4.60. The zero-order valence-electron chi connectivity index (χ0n) is 12.3. The van der Waals surface area contributed by atoms with Crippen LogP contribution in [0.4, 0.5) is 0 Å². The molecule has 1 N–H and O–H groups in total. The number of ether oxygens (including phenoxy) is 1. The van der Waals surface area contributed by atoms with Gasteiger partial charge in [-0.15, -0.1) is 0 Å². The van der Waals surface area contributed by atoms with Gasteiger partial charge in [-0.05, 0) is 18.2 Å². The molecular weight excluding hydrogens is 370 g/mol. The molecule has 1 aromatic carbocycles. The van der Waals surface area contributed by atoms with Gasteiger partial charge in [-0.25, -0.2) is 4.98 Å². The number of methoxy groups -OCH3 is 1. The van der Waals surface area contributed by atoms with Crippen molar-refractivity contribution in [2.45, 2.75) is 11.7 Å². The van der Waals surface area contributed by atoms with E-state index in [1.807, 2.05) is 6.07 Å². The molecule has 8 heteroatoms. The van der Waals surface area contributed by atoms with E-state index in [1.165, 1.54) is 11.8 Å². The Kier molecular flexibility index (Phi) is 5.98. The lowest BCUT2D eigenvalue weighted by Gasteiger charge is -2.12. The molecule has 2 rings (SSSR count). The molecule has 0 fully saturated rings. The van der Waals surface area contributed by atoms with E-state index < -0.39 is 0 Å². The van der Waals surface area contributed by atoms with E-state index in [1.54, 1.807) is 30.9 Å². The highest BCUT2D eigenvalue weighted by Crippen LogP contribution is 2.20. The first kappa shape index (κ1) is 17.0. The van der Waals surface area contributed by atoms with Gasteiger partial charge >= 0.3 is 0 Å². The second-order valence-electron chi connectivity index (χ2n) is 4.47. The number of nitrogens with zero attached hydrogens (tertiary/aromatic N) is 2. The number of amides is 1. The SMILES string of the molecule is CNC(=O)CSc1nc2ccc(Br)cc2c(=O)n1CCOC. The number of aromatic nitrogens is 2. The van der Waals surface area contributed by atoms with E-state index in [4.69, 9.17) is 4.74 Å². The van der Waals surface area contributed by atoms with Gasteiger partial charge in [0.1, 0.15) is 0 Å². The molecule has 0 saturated heterocycles. The molecule has 0 bridgehead atoms. The molecule has 2 aromatic rings. The summed E-state index contributed by atoms with van der Waals surface area (Å²) in [6, 6.07) is 5.37. The van der Waals surface area contributed by atoms with Crippen molar-refractivity contribution in [3.8, 4) is 0 Å². The van der Waals surface area contributed by atoms with Crippen LogP contribution in [0.25, 0.3) is 10.9 Å². The van der Waals surface area contributed by atoms with E-state index in [0.29, 0.717) is 29.2 Å². The number of hydrogen-bond donors (Lipinski definition) is 1. The van der Waals surface area contributed by atoms with Crippen molar-refractivity contribution in [2.24, 2.45) is 0 Å². The average molecular weight is 386 g/mol. The molecule has 1 aromatic heterocycles. The summed E-state index contributed by atoms with van der Waals surface area (Å²) in [5.41, 5.74) is 0.476. The van der Waals surface area contributed by atoms with E-state index >= 15 is 0 Å². The molecule has 0 aliphatic heterocycles. The Morgan fingerprint density at radius 2 is 2.27 bits per heavy atom. The van der Waals surface area contributed by atoms with Gasteiger partial charge in [-0.1, -0.05) is 27.7 Å². The van der Waals surface area contributed by atoms with Crippen molar-refractivity contribution in [1.29, 1.82) is 0 Å². The molecule has 0 aliphatic carbocycles. The molecule has 0 spiro atoms. The highest BCUT2D eigenvalue weighted by molar-refractivity contribution is 9.10. The maximum Gasteiger partial charge on any atom is 0.262 e. The number of carbonyl (C=O) groups excluding carboxylic acids is 1. The lowest BCUT2D eigenvalue weighted by atomic mass is 10.2. The van der Waals surface area contributed by atoms with Crippen molar-refractivity contribution in [1.82, 2.24) is 14.9 Å². The predicted molar refractivity (Wildman–Crippen MR) is 90.4 cm³/mol. The summed E-state index contributed by atoms with van der Waals surface area (Å²) in [6.07, 6.45) is 0. The van der Waals surface area contributed by atoms with Crippen molar-refractivity contribution >= 4 is 44.5 Å². The van der Waals surface area contributed by atoms with Crippen LogP contribution in [0.3, 0.4) is 0 Å². The smallest absolute Gasteiger partial charge is 0.262 e. The van der Waals surface area contributed by atoms with Crippen LogP contribution in [-0.4, -0.2) is 42.0 Å². The normalized spacial score (nSPS) is 10.9. The third kappa shape index (κ3) is 3.88. The van der Waals surface area contributed by atoms with E-state index in [9.17, 15) is 9.59 Å². The lowest BCUT2D eigenvalue weighted by molar-refractivity contribution is -0.118. The Morgan fingerprint density at radius 1 is 1.50 bits per heavy atom. The second kappa shape index (κ2) is 7.75. The van der Waals surface area contributed by atoms with Crippen LogP contribution in [-0.2, 0) is 16.1 Å². The average Bonchev–Trinajstić information content (AvgIpc) is 2.52. The van der Waals surface area contributed by atoms with Gasteiger partial charge in [0.25, 0.3) is 5.56 Å². The molecule has 1 heterocycles. The van der Waals surface area contributed by atoms with E-state index in [2.05, 4.69) is 26.2 Å². The number of nitrogens with one attached hydrogen (secondary N) is 1. The summed E-state index contributed by atoms with van der Waals surface area (Å²) in [7, 11) is 3.15. The maximum absolute atomic E-state index is 12.7. The van der Waals surface area contributed by atoms with Crippen molar-refractivity contribution in [3.05, 3.63) is 33.0 Å². The number of halogens is 1. The molecule has 118 valence electrons. The zero-order valence-corrected chi connectivity index (χ0v) is 14.7. The van der Waals surface area contributed by atoms with Crippen LogP contribution in [0.2, 0.25) is 0 Å². The largest absolute Gasteiger partial charge is 0.383 e. The Morgan fingerprint density at radius 3 is 2.95 bits per heavy atom. The molecule has 0 atom stereocenters. The third-order valence-corrected chi connectivity index (χ3v) is 4.48. The Hall–Kier alpha value is -1.38. The molecule has 1 amide bonds. The van der Waals surface area contributed by atoms with E-state index in [0.717, 1.165) is 4.47 Å². The molecular formula is C14H16BrN3O3S. The van der Waals surface area contributed by atoms with Crippen molar-refractivity contribution < 1.29 is 9.53 Å². The van der Waals surface area contributed by atoms with Crippen molar-refractivity contribution in [3.63, 3.8) is 0 Å². The van der Waals surface area contributed by atoms with Gasteiger partial charge < -0.3 is 10.1 Å². The molecule has 0 unspecified atom stereocenters. The minimum atomic E-state index is -0.136. The number of hydrogen-bond acceptors (Lipinski definition) is 5. The molecule has 0 aliphatic rings. The van der Waals surface area contributed by atoms with Crippen LogP contribution in [0.5, 0.6) is 0 Å². The van der Waals surface area contributed by atoms with E-state index in [-0.39, 0.29) is 17.2 Å². The fraction of sp³-hybridized carbons (Fsp3) is 0.357. The van der Waals surface area contributed by atoms with Crippen LogP contribution >= 0.6 is 27.7 Å². The summed E-state index contributed by atoms with van der Waals surface area (Å²) in [5.74, 6) is 0.0891. The quantitative estimate of drug-likeness (QED) is 0.604. The summed E-state index contributed by atoms with van der Waals surface area (Å²) in [5, 5.41) is 3.60. The topological polar surface area (TPSA) is 73.2 Å². The second-order valence-corrected chi connectivity index (χ2v) is 6.33. The Labute approximate surface area is 140 Å². The standard InChI is InChI=1S/C14H16BrN3O3S/c1-16-12(19)8-22-14-17-11-4-3-9(15)7-10(11)13(20)18(14)5-6-21-2/h3-4,7H,5-6,8H2,1-2H3,(H,16,19). The first-order valence-electron chi connectivity index (χ1n) is 6.59. The fourth-order valence-corrected chi connectivity index (χ4v) is 3.12. The first-order valence-corrected chi connectivity index (χ1v) is 8.37. The van der Waals surface area contributed by atoms with Gasteiger partial charge in [-0.3, -0.25) is 14.2 Å². The lowest BCUT2D eigenvalue weighted by Crippen LogP contribution is -2.26. The highest BCUT2D eigenvalue weighted by Gasteiger charge is 2.13. The minimum Gasteiger partial charge on any atom is -0.383 e. The molecule has 0 saturated carbocycles. The van der Waals surface area contributed by atoms with Gasteiger partial charge in [0.05, 0.1) is 29.8 Å². The van der Waals surface area contributed by atoms with Gasteiger partial charge in [0.15, 0.2) is 5.16 Å². The van der Waals surface area contributed by atoms with Gasteiger partial charge in [-0.2, -0.15) is 0 Å². The molecule has 6 nitrogen and oxygen atoms in total. The Bertz CT molecular complexity index is 748. The summed E-state index contributed by atoms with van der Waals surface area (Å²) < 4.78 is 7.42. The van der Waals surface area contributed by atoms with Crippen LogP contribution in [0, 0.1) is 0 Å². The predicted octanol–water partition coefficient (Wildman–Crippen LogP) is 1.64. The number of carbonyl (C=O) groups is 1. The van der Waals surface area contributed by atoms with Gasteiger partial charge in [0, 0.05) is 18.6 Å².